The van der Waals surface area contributed by atoms with Crippen LogP contribution in [-0.4, -0.2) is 43.3 Å². The number of carboxylic acids is 2. The molecule has 1 aromatic heterocycles. The van der Waals surface area contributed by atoms with Crippen LogP contribution in [0.3, 0.4) is 0 Å². The predicted molar refractivity (Wildman–Crippen MR) is 113 cm³/mol. The van der Waals surface area contributed by atoms with E-state index >= 15 is 0 Å². The van der Waals surface area contributed by atoms with E-state index in [2.05, 4.69) is 0 Å². The van der Waals surface area contributed by atoms with Crippen molar-refractivity contribution in [3.63, 3.8) is 0 Å². The van der Waals surface area contributed by atoms with Gasteiger partial charge in [-0.25, -0.2) is 4.79 Å². The highest BCUT2D eigenvalue weighted by Crippen LogP contribution is 2.36. The van der Waals surface area contributed by atoms with Crippen LogP contribution in [0.1, 0.15) is 12.2 Å². The first kappa shape index (κ1) is 21.4. The molecule has 0 spiro atoms. The molecule has 1 aromatic carbocycles. The van der Waals surface area contributed by atoms with Gasteiger partial charge >= 0.3 is 11.9 Å². The van der Waals surface area contributed by atoms with Crippen molar-refractivity contribution in [3.8, 4) is 11.3 Å². The van der Waals surface area contributed by atoms with E-state index in [1.807, 2.05) is 0 Å². The quantitative estimate of drug-likeness (QED) is 0.471. The third-order valence-electron chi connectivity index (χ3n) is 3.84. The normalized spacial score (nSPS) is 16.5. The Morgan fingerprint density at radius 2 is 1.86 bits per heavy atom. The smallest absolute Gasteiger partial charge is 0.327 e. The molecule has 1 saturated heterocycles. The zero-order valence-corrected chi connectivity index (χ0v) is 17.4. The number of hydrogen-bond donors (Lipinski definition) is 2. The number of carbonyl (C=O) groups excluding carboxylic acids is 1. The second-order valence-electron chi connectivity index (χ2n) is 5.86. The molecule has 1 unspecified atom stereocenters. The van der Waals surface area contributed by atoms with Gasteiger partial charge in [0.25, 0.3) is 5.91 Å². The summed E-state index contributed by atoms with van der Waals surface area (Å²) >= 11 is 17.9. The number of rotatable bonds is 6. The summed E-state index contributed by atoms with van der Waals surface area (Å²) in [5.41, 5.74) is 0.641. The summed E-state index contributed by atoms with van der Waals surface area (Å²) in [7, 11) is 0. The van der Waals surface area contributed by atoms with Crippen molar-refractivity contribution in [2.45, 2.75) is 12.5 Å². The van der Waals surface area contributed by atoms with Gasteiger partial charge in [-0.15, -0.1) is 0 Å². The zero-order chi connectivity index (χ0) is 21.3. The predicted octanol–water partition coefficient (Wildman–Crippen LogP) is 4.38. The highest BCUT2D eigenvalue weighted by molar-refractivity contribution is 8.26. The maximum Gasteiger partial charge on any atom is 0.327 e. The molecule has 2 heterocycles. The van der Waals surface area contributed by atoms with E-state index in [4.69, 9.17) is 44.9 Å². The van der Waals surface area contributed by atoms with Gasteiger partial charge in [-0.1, -0.05) is 47.2 Å². The number of halogens is 2. The van der Waals surface area contributed by atoms with E-state index in [1.165, 1.54) is 6.08 Å². The molecular formula is C18H11Cl2NO6S2. The van der Waals surface area contributed by atoms with Gasteiger partial charge in [0.05, 0.1) is 11.3 Å². The molecule has 2 N–H and O–H groups in total. The first-order valence-electron chi connectivity index (χ1n) is 7.93. The van der Waals surface area contributed by atoms with Crippen molar-refractivity contribution in [2.24, 2.45) is 0 Å². The number of benzene rings is 1. The number of thioether (sulfide) groups is 1. The molecule has 1 atom stereocenters. The van der Waals surface area contributed by atoms with E-state index < -0.39 is 30.3 Å². The number of furan rings is 1. The number of aliphatic carboxylic acids is 2. The van der Waals surface area contributed by atoms with E-state index in [-0.39, 0.29) is 9.23 Å². The average Bonchev–Trinajstić information content (AvgIpc) is 3.17. The SMILES string of the molecule is O=C(O)CC(C(=O)O)N1C(=O)/C(=C/c2ccc(-c3cc(Cl)cc(Cl)c3)o2)SC1=S. The van der Waals surface area contributed by atoms with Crippen LogP contribution in [0, 0.1) is 0 Å². The number of nitrogens with zero attached hydrogens (tertiary/aromatic N) is 1. The second kappa shape index (κ2) is 8.58. The number of carbonyl (C=O) groups is 3. The largest absolute Gasteiger partial charge is 0.481 e. The molecule has 0 radical (unpaired) electrons. The summed E-state index contributed by atoms with van der Waals surface area (Å²) in [6.07, 6.45) is 0.643. The summed E-state index contributed by atoms with van der Waals surface area (Å²) in [4.78, 5) is 35.9. The number of thiocarbonyl (C=S) groups is 1. The lowest BCUT2D eigenvalue weighted by atomic mass is 10.2. The lowest BCUT2D eigenvalue weighted by molar-refractivity contribution is -0.150. The summed E-state index contributed by atoms with van der Waals surface area (Å²) in [6, 6.07) is 6.60. The van der Waals surface area contributed by atoms with Crippen molar-refractivity contribution in [3.05, 3.63) is 51.0 Å². The van der Waals surface area contributed by atoms with E-state index in [0.29, 0.717) is 27.1 Å². The molecule has 3 rings (SSSR count). The Morgan fingerprint density at radius 1 is 1.21 bits per heavy atom. The topological polar surface area (TPSA) is 108 Å². The van der Waals surface area contributed by atoms with E-state index in [1.54, 1.807) is 30.3 Å². The highest BCUT2D eigenvalue weighted by atomic mass is 35.5. The molecule has 7 nitrogen and oxygen atoms in total. The third-order valence-corrected chi connectivity index (χ3v) is 5.60. The van der Waals surface area contributed by atoms with Crippen LogP contribution in [-0.2, 0) is 14.4 Å². The molecule has 11 heteroatoms. The van der Waals surface area contributed by atoms with Crippen LogP contribution < -0.4 is 0 Å². The molecule has 1 aliphatic rings. The van der Waals surface area contributed by atoms with Gasteiger partial charge in [-0.2, -0.15) is 0 Å². The average molecular weight is 472 g/mol. The zero-order valence-electron chi connectivity index (χ0n) is 14.3. The summed E-state index contributed by atoms with van der Waals surface area (Å²) in [6.45, 7) is 0. The van der Waals surface area contributed by atoms with Crippen molar-refractivity contribution in [1.29, 1.82) is 0 Å². The Kier molecular flexibility index (Phi) is 6.33. The van der Waals surface area contributed by atoms with Crippen molar-refractivity contribution in [2.75, 3.05) is 0 Å². The standard InChI is InChI=1S/C18H11Cl2NO6S2/c19-9-3-8(4-10(20)5-9)13-2-1-11(27-13)6-14-16(24)21(18(28)29-14)12(17(25)26)7-15(22)23/h1-6,12H,7H2,(H,22,23)(H,25,26)/b14-6-. The maximum atomic E-state index is 12.6. The van der Waals surface area contributed by atoms with Crippen LogP contribution in [0.2, 0.25) is 10.0 Å². The second-order valence-corrected chi connectivity index (χ2v) is 8.41. The molecule has 29 heavy (non-hydrogen) atoms. The Labute approximate surface area is 183 Å². The Bertz CT molecular complexity index is 1040. The molecule has 0 saturated carbocycles. The summed E-state index contributed by atoms with van der Waals surface area (Å²) in [5.74, 6) is -2.72. The van der Waals surface area contributed by atoms with Crippen LogP contribution in [0.15, 0.2) is 39.7 Å². The third kappa shape index (κ3) is 4.81. The van der Waals surface area contributed by atoms with Crippen LogP contribution in [0.5, 0.6) is 0 Å². The molecule has 0 aliphatic carbocycles. The lowest BCUT2D eigenvalue weighted by Gasteiger charge is -2.21. The minimum Gasteiger partial charge on any atom is -0.481 e. The van der Waals surface area contributed by atoms with Crippen molar-refractivity contribution in [1.82, 2.24) is 4.90 Å². The van der Waals surface area contributed by atoms with Crippen LogP contribution in [0.4, 0.5) is 0 Å². The molecule has 1 amide bonds. The Balaban J connectivity index is 1.87. The molecule has 1 aliphatic heterocycles. The number of amides is 1. The van der Waals surface area contributed by atoms with E-state index in [9.17, 15) is 19.5 Å². The highest BCUT2D eigenvalue weighted by Gasteiger charge is 2.41. The van der Waals surface area contributed by atoms with Gasteiger partial charge in [-0.3, -0.25) is 14.5 Å². The lowest BCUT2D eigenvalue weighted by Crippen LogP contribution is -2.45. The fraction of sp³-hybridized carbons (Fsp3) is 0.111. The van der Waals surface area contributed by atoms with Crippen molar-refractivity contribution < 1.29 is 29.0 Å². The minimum atomic E-state index is -1.59. The van der Waals surface area contributed by atoms with Gasteiger partial charge in [0.15, 0.2) is 0 Å². The van der Waals surface area contributed by atoms with Crippen molar-refractivity contribution >= 4 is 75.4 Å². The molecule has 1 fully saturated rings. The maximum absolute atomic E-state index is 12.6. The minimum absolute atomic E-state index is 0.0386. The Hall–Kier alpha value is -2.33. The number of hydrogen-bond acceptors (Lipinski definition) is 6. The summed E-state index contributed by atoms with van der Waals surface area (Å²) < 4.78 is 5.66. The van der Waals surface area contributed by atoms with Gasteiger partial charge in [0, 0.05) is 21.7 Å². The van der Waals surface area contributed by atoms with Gasteiger partial charge in [0.1, 0.15) is 21.9 Å². The fourth-order valence-electron chi connectivity index (χ4n) is 2.61. The van der Waals surface area contributed by atoms with Crippen LogP contribution >= 0.6 is 47.2 Å². The van der Waals surface area contributed by atoms with Gasteiger partial charge < -0.3 is 14.6 Å². The van der Waals surface area contributed by atoms with Gasteiger partial charge in [-0.05, 0) is 30.3 Å². The fourth-order valence-corrected chi connectivity index (χ4v) is 4.48. The molecule has 2 aromatic rings. The molecule has 150 valence electrons. The molecular weight excluding hydrogens is 461 g/mol. The van der Waals surface area contributed by atoms with Crippen LogP contribution in [0.25, 0.3) is 17.4 Å². The monoisotopic (exact) mass is 471 g/mol. The number of carboxylic acid groups (broad SMARTS) is 2. The first-order chi connectivity index (χ1) is 13.7. The van der Waals surface area contributed by atoms with Gasteiger partial charge in [0.2, 0.25) is 0 Å². The molecule has 0 bridgehead atoms. The summed E-state index contributed by atoms with van der Waals surface area (Å²) in [5, 5.41) is 19.1. The Morgan fingerprint density at radius 3 is 2.45 bits per heavy atom. The van der Waals surface area contributed by atoms with E-state index in [0.717, 1.165) is 16.7 Å². The first-order valence-corrected chi connectivity index (χ1v) is 9.91.